The molecular weight excluding hydrogens is 276 g/mol. The Hall–Kier alpha value is -2.23. The highest BCUT2D eigenvalue weighted by Crippen LogP contribution is 2.27. The second-order valence-electron chi connectivity index (χ2n) is 5.70. The molecule has 1 aromatic heterocycles. The first-order valence-corrected chi connectivity index (χ1v) is 7.93. The van der Waals surface area contributed by atoms with Crippen LogP contribution in [0.1, 0.15) is 64.6 Å². The fourth-order valence-corrected chi connectivity index (χ4v) is 3.30. The number of hydrogen-bond donors (Lipinski definition) is 0. The monoisotopic (exact) mass is 297 g/mol. The van der Waals surface area contributed by atoms with E-state index in [1.54, 1.807) is 12.1 Å². The lowest BCUT2D eigenvalue weighted by molar-refractivity contribution is -0.704. The van der Waals surface area contributed by atoms with Crippen LogP contribution in [0.25, 0.3) is 0 Å². The van der Waals surface area contributed by atoms with E-state index in [-0.39, 0.29) is 11.6 Å². The summed E-state index contributed by atoms with van der Waals surface area (Å²) in [6, 6.07) is 7.12. The average molecular weight is 297 g/mol. The number of unbranched alkanes of at least 4 members (excludes halogenated alkanes) is 1. The third kappa shape index (κ3) is 1.94. The minimum absolute atomic E-state index is 0.0309. The largest absolute Gasteiger partial charge is 0.284 e. The summed E-state index contributed by atoms with van der Waals surface area (Å²) in [6.45, 7) is 7.59. The van der Waals surface area contributed by atoms with Gasteiger partial charge < -0.3 is 0 Å². The summed E-state index contributed by atoms with van der Waals surface area (Å²) >= 11 is 0. The summed E-state index contributed by atoms with van der Waals surface area (Å²) in [6.07, 6.45) is 2.05. The van der Waals surface area contributed by atoms with Crippen molar-refractivity contribution >= 4 is 11.6 Å². The van der Waals surface area contributed by atoms with Crippen molar-refractivity contribution in [3.63, 3.8) is 0 Å². The van der Waals surface area contributed by atoms with E-state index in [1.165, 1.54) is 0 Å². The molecule has 2 aromatic rings. The summed E-state index contributed by atoms with van der Waals surface area (Å²) in [7, 11) is 0. The van der Waals surface area contributed by atoms with Crippen molar-refractivity contribution in [1.29, 1.82) is 0 Å². The number of hydrogen-bond acceptors (Lipinski definition) is 2. The molecule has 4 heteroatoms. The molecule has 1 aliphatic rings. The number of imidazole rings is 1. The van der Waals surface area contributed by atoms with Crippen molar-refractivity contribution in [3.05, 3.63) is 52.6 Å². The average Bonchev–Trinajstić information content (AvgIpc) is 2.83. The molecule has 0 unspecified atom stereocenters. The Morgan fingerprint density at radius 3 is 2.27 bits per heavy atom. The van der Waals surface area contributed by atoms with Crippen LogP contribution in [-0.4, -0.2) is 16.1 Å². The van der Waals surface area contributed by atoms with Gasteiger partial charge in [0.15, 0.2) is 0 Å². The lowest BCUT2D eigenvalue weighted by Gasteiger charge is -2.12. The molecule has 0 saturated heterocycles. The second-order valence-corrected chi connectivity index (χ2v) is 5.70. The smallest absolute Gasteiger partial charge is 0.254 e. The SMILES string of the molecule is CCCC[n+]1c2c(n(CC)c1C)C(=O)c1ccccc1C2=O. The van der Waals surface area contributed by atoms with Crippen LogP contribution in [0.5, 0.6) is 0 Å². The molecule has 0 atom stereocenters. The number of carbonyl (C=O) groups excluding carboxylic acids is 2. The first-order valence-electron chi connectivity index (χ1n) is 7.93. The topological polar surface area (TPSA) is 43.0 Å². The third-order valence-corrected chi connectivity index (χ3v) is 4.44. The minimum atomic E-state index is -0.0367. The Balaban J connectivity index is 2.27. The molecule has 4 nitrogen and oxygen atoms in total. The van der Waals surface area contributed by atoms with Gasteiger partial charge in [0.2, 0.25) is 23.0 Å². The number of nitrogens with zero attached hydrogens (tertiary/aromatic N) is 2. The Bertz CT molecular complexity index is 772. The van der Waals surface area contributed by atoms with E-state index in [9.17, 15) is 9.59 Å². The predicted molar refractivity (Wildman–Crippen MR) is 83.3 cm³/mol. The number of carbonyl (C=O) groups is 2. The van der Waals surface area contributed by atoms with Crippen LogP contribution in [0.3, 0.4) is 0 Å². The summed E-state index contributed by atoms with van der Waals surface area (Å²) in [5.41, 5.74) is 2.17. The number of ketones is 2. The lowest BCUT2D eigenvalue weighted by atomic mass is 9.90. The van der Waals surface area contributed by atoms with Crippen molar-refractivity contribution < 1.29 is 14.2 Å². The fraction of sp³-hybridized carbons (Fsp3) is 0.389. The van der Waals surface area contributed by atoms with Crippen LogP contribution >= 0.6 is 0 Å². The Labute approximate surface area is 130 Å². The Morgan fingerprint density at radius 2 is 1.68 bits per heavy atom. The van der Waals surface area contributed by atoms with Crippen LogP contribution < -0.4 is 4.57 Å². The van der Waals surface area contributed by atoms with E-state index in [0.29, 0.717) is 29.1 Å². The molecule has 1 aliphatic carbocycles. The van der Waals surface area contributed by atoms with Crippen LogP contribution in [0.2, 0.25) is 0 Å². The second kappa shape index (κ2) is 5.52. The zero-order chi connectivity index (χ0) is 15.9. The first kappa shape index (κ1) is 14.7. The lowest BCUT2D eigenvalue weighted by Crippen LogP contribution is -2.43. The molecule has 1 heterocycles. The highest BCUT2D eigenvalue weighted by molar-refractivity contribution is 6.26. The van der Waals surface area contributed by atoms with Gasteiger partial charge in [0, 0.05) is 18.1 Å². The van der Waals surface area contributed by atoms with Crippen LogP contribution in [0, 0.1) is 6.92 Å². The maximum atomic E-state index is 12.9. The summed E-state index contributed by atoms with van der Waals surface area (Å²) < 4.78 is 4.00. The Kier molecular flexibility index (Phi) is 3.69. The highest BCUT2D eigenvalue weighted by Gasteiger charge is 2.42. The van der Waals surface area contributed by atoms with Crippen molar-refractivity contribution in [2.24, 2.45) is 0 Å². The van der Waals surface area contributed by atoms with E-state index in [1.807, 2.05) is 35.1 Å². The van der Waals surface area contributed by atoms with E-state index < -0.39 is 0 Å². The molecule has 0 bridgehead atoms. The molecule has 0 N–H and O–H groups in total. The van der Waals surface area contributed by atoms with Crippen molar-refractivity contribution in [3.8, 4) is 0 Å². The molecule has 0 fully saturated rings. The van der Waals surface area contributed by atoms with Gasteiger partial charge in [0.1, 0.15) is 0 Å². The quantitative estimate of drug-likeness (QED) is 0.695. The summed E-state index contributed by atoms with van der Waals surface area (Å²) in [4.78, 5) is 25.8. The van der Waals surface area contributed by atoms with Crippen molar-refractivity contribution in [2.75, 3.05) is 0 Å². The van der Waals surface area contributed by atoms with Gasteiger partial charge in [-0.1, -0.05) is 37.6 Å². The van der Waals surface area contributed by atoms with Crippen LogP contribution in [-0.2, 0) is 13.1 Å². The normalized spacial score (nSPS) is 13.2. The van der Waals surface area contributed by atoms with Crippen LogP contribution in [0.15, 0.2) is 24.3 Å². The van der Waals surface area contributed by atoms with E-state index in [0.717, 1.165) is 25.2 Å². The van der Waals surface area contributed by atoms with Gasteiger partial charge in [-0.25, -0.2) is 9.13 Å². The zero-order valence-electron chi connectivity index (χ0n) is 13.3. The van der Waals surface area contributed by atoms with E-state index in [4.69, 9.17) is 0 Å². The predicted octanol–water partition coefficient (Wildman–Crippen LogP) is 2.68. The summed E-state index contributed by atoms with van der Waals surface area (Å²) in [5, 5.41) is 0. The maximum Gasteiger partial charge on any atom is 0.254 e. The molecule has 0 radical (unpaired) electrons. The number of aromatic nitrogens is 2. The van der Waals surface area contributed by atoms with Gasteiger partial charge in [-0.05, 0) is 13.3 Å². The van der Waals surface area contributed by atoms with E-state index in [2.05, 4.69) is 6.92 Å². The van der Waals surface area contributed by atoms with Crippen molar-refractivity contribution in [1.82, 2.24) is 4.57 Å². The zero-order valence-corrected chi connectivity index (χ0v) is 13.3. The molecule has 0 aliphatic heterocycles. The van der Waals surface area contributed by atoms with Gasteiger partial charge in [0.05, 0.1) is 13.1 Å². The van der Waals surface area contributed by atoms with Gasteiger partial charge in [-0.15, -0.1) is 0 Å². The van der Waals surface area contributed by atoms with Crippen molar-refractivity contribution in [2.45, 2.75) is 46.7 Å². The van der Waals surface area contributed by atoms with Gasteiger partial charge in [-0.3, -0.25) is 9.59 Å². The number of rotatable bonds is 4. The fourth-order valence-electron chi connectivity index (χ4n) is 3.30. The van der Waals surface area contributed by atoms with Gasteiger partial charge in [-0.2, -0.15) is 0 Å². The van der Waals surface area contributed by atoms with Crippen LogP contribution in [0.4, 0.5) is 0 Å². The molecule has 0 spiro atoms. The molecule has 1 aromatic carbocycles. The van der Waals surface area contributed by atoms with E-state index >= 15 is 0 Å². The molecule has 0 saturated carbocycles. The Morgan fingerprint density at radius 1 is 1.05 bits per heavy atom. The highest BCUT2D eigenvalue weighted by atomic mass is 16.1. The standard InChI is InChI=1S/C18H21N2O2/c1-4-6-11-20-12(3)19(5-2)15-16(20)18(22)14-10-8-7-9-13(14)17(15)21/h7-10H,4-6,11H2,1-3H3/q+1. The molecular formula is C18H21N2O2+. The molecule has 0 amide bonds. The first-order chi connectivity index (χ1) is 10.6. The molecule has 114 valence electrons. The third-order valence-electron chi connectivity index (χ3n) is 4.44. The molecule has 22 heavy (non-hydrogen) atoms. The maximum absolute atomic E-state index is 12.9. The van der Waals surface area contributed by atoms with Gasteiger partial charge >= 0.3 is 0 Å². The summed E-state index contributed by atoms with van der Waals surface area (Å²) in [5.74, 6) is 0.914. The molecule has 3 rings (SSSR count). The number of benzene rings is 1. The van der Waals surface area contributed by atoms with Gasteiger partial charge in [0.25, 0.3) is 5.82 Å². The minimum Gasteiger partial charge on any atom is -0.284 e. The number of fused-ring (bicyclic) bond motifs is 2.